The number of aromatic nitrogens is 1. The second-order valence-electron chi connectivity index (χ2n) is 3.38. The number of rotatable bonds is 2. The highest BCUT2D eigenvalue weighted by Gasteiger charge is 2.09. The van der Waals surface area contributed by atoms with Gasteiger partial charge in [0.1, 0.15) is 11.1 Å². The van der Waals surface area contributed by atoms with Crippen molar-refractivity contribution in [3.8, 4) is 6.07 Å². The molecule has 6 heteroatoms. The molecule has 2 rings (SSSR count). The Labute approximate surface area is 122 Å². The predicted molar refractivity (Wildman–Crippen MR) is 76.4 cm³/mol. The molecule has 1 aromatic carbocycles. The Balaban J connectivity index is 2.41. The molecule has 0 radical (unpaired) electrons. The quantitative estimate of drug-likeness (QED) is 0.855. The van der Waals surface area contributed by atoms with E-state index < -0.39 is 0 Å². The molecule has 1 aromatic heterocycles. The fourth-order valence-electron chi connectivity index (χ4n) is 1.34. The van der Waals surface area contributed by atoms with Gasteiger partial charge in [-0.2, -0.15) is 5.26 Å². The molecule has 0 unspecified atom stereocenters. The normalized spacial score (nSPS) is 9.89. The summed E-state index contributed by atoms with van der Waals surface area (Å²) in [6.07, 6.45) is 1.51. The third kappa shape index (κ3) is 2.75. The number of nitrogens with one attached hydrogen (secondary N) is 1. The monoisotopic (exact) mass is 341 g/mol. The molecule has 1 N–H and O–H groups in total. The van der Waals surface area contributed by atoms with Crippen LogP contribution < -0.4 is 5.32 Å². The average Bonchev–Trinajstić information content (AvgIpc) is 2.36. The summed E-state index contributed by atoms with van der Waals surface area (Å²) in [7, 11) is 0. The van der Waals surface area contributed by atoms with Crippen molar-refractivity contribution in [3.05, 3.63) is 50.5 Å². The van der Waals surface area contributed by atoms with E-state index >= 15 is 0 Å². The number of nitrogens with zero attached hydrogens (tertiary/aromatic N) is 2. The Bertz CT molecular complexity index is 638. The second-order valence-corrected chi connectivity index (χ2v) is 5.08. The minimum atomic E-state index is 0.274. The van der Waals surface area contributed by atoms with Crippen molar-refractivity contribution in [2.75, 3.05) is 5.32 Å². The molecule has 3 nitrogen and oxygen atoms in total. The van der Waals surface area contributed by atoms with Gasteiger partial charge in [-0.1, -0.05) is 39.1 Å². The van der Waals surface area contributed by atoms with Crippen LogP contribution in [0.2, 0.25) is 10.0 Å². The van der Waals surface area contributed by atoms with Crippen LogP contribution in [0.25, 0.3) is 0 Å². The van der Waals surface area contributed by atoms with E-state index in [2.05, 4.69) is 26.2 Å². The molecule has 0 saturated carbocycles. The van der Waals surface area contributed by atoms with Crippen molar-refractivity contribution in [3.63, 3.8) is 0 Å². The third-order valence-corrected chi connectivity index (χ3v) is 3.40. The number of anilines is 2. The lowest BCUT2D eigenvalue weighted by Crippen LogP contribution is -1.96. The number of pyridine rings is 1. The van der Waals surface area contributed by atoms with E-state index in [-0.39, 0.29) is 5.02 Å². The van der Waals surface area contributed by atoms with Crippen LogP contribution >= 0.6 is 39.1 Å². The summed E-state index contributed by atoms with van der Waals surface area (Å²) in [4.78, 5) is 4.08. The van der Waals surface area contributed by atoms with Gasteiger partial charge in [-0.05, 0) is 24.3 Å². The Morgan fingerprint density at radius 1 is 1.28 bits per heavy atom. The van der Waals surface area contributed by atoms with Crippen LogP contribution in [0.15, 0.2) is 34.9 Å². The molecular formula is C12H6BrCl2N3. The van der Waals surface area contributed by atoms with Crippen molar-refractivity contribution >= 4 is 50.6 Å². The van der Waals surface area contributed by atoms with Gasteiger partial charge in [0.05, 0.1) is 16.3 Å². The lowest BCUT2D eigenvalue weighted by Gasteiger charge is -2.09. The zero-order valence-electron chi connectivity index (χ0n) is 8.92. The maximum absolute atomic E-state index is 8.88. The maximum Gasteiger partial charge on any atom is 0.150 e. The van der Waals surface area contributed by atoms with Crippen LogP contribution in [0.4, 0.5) is 11.5 Å². The number of hydrogen-bond donors (Lipinski definition) is 1. The van der Waals surface area contributed by atoms with Crippen molar-refractivity contribution in [2.24, 2.45) is 0 Å². The minimum absolute atomic E-state index is 0.274. The molecule has 0 bridgehead atoms. The van der Waals surface area contributed by atoms with E-state index in [1.54, 1.807) is 18.2 Å². The molecule has 0 aliphatic heterocycles. The van der Waals surface area contributed by atoms with E-state index in [9.17, 15) is 0 Å². The fourth-order valence-corrected chi connectivity index (χ4v) is 2.07. The Hall–Kier alpha value is -1.28. The Kier molecular flexibility index (Phi) is 4.07. The zero-order chi connectivity index (χ0) is 13.1. The maximum atomic E-state index is 8.88. The van der Waals surface area contributed by atoms with Gasteiger partial charge in [-0.3, -0.25) is 0 Å². The van der Waals surface area contributed by atoms with Crippen molar-refractivity contribution < 1.29 is 0 Å². The highest BCUT2D eigenvalue weighted by molar-refractivity contribution is 9.10. The summed E-state index contributed by atoms with van der Waals surface area (Å²) in [6.45, 7) is 0. The number of halogens is 3. The molecule has 0 fully saturated rings. The summed E-state index contributed by atoms with van der Waals surface area (Å²) in [5.74, 6) is 0.399. The van der Waals surface area contributed by atoms with Crippen LogP contribution in [-0.2, 0) is 0 Å². The van der Waals surface area contributed by atoms with Crippen LogP contribution in [0.3, 0.4) is 0 Å². The molecule has 18 heavy (non-hydrogen) atoms. The number of nitriles is 1. The molecular weight excluding hydrogens is 337 g/mol. The predicted octanol–water partition coefficient (Wildman–Crippen LogP) is 4.77. The first-order valence-electron chi connectivity index (χ1n) is 4.88. The van der Waals surface area contributed by atoms with Crippen LogP contribution in [0.1, 0.15) is 5.56 Å². The average molecular weight is 343 g/mol. The van der Waals surface area contributed by atoms with E-state index in [4.69, 9.17) is 28.5 Å². The summed E-state index contributed by atoms with van der Waals surface area (Å²) < 4.78 is 0.877. The van der Waals surface area contributed by atoms with Gasteiger partial charge in [-0.25, -0.2) is 4.98 Å². The summed E-state index contributed by atoms with van der Waals surface area (Å²) in [5, 5.41) is 12.7. The van der Waals surface area contributed by atoms with Gasteiger partial charge in [0.15, 0.2) is 5.82 Å². The molecule has 0 aliphatic rings. The standard InChI is InChI=1S/C12H6BrCl2N3/c13-8-1-2-9(14)10(5-8)18-12-11(15)7(6-16)3-4-17-12/h1-5H,(H,17,18). The van der Waals surface area contributed by atoms with Crippen molar-refractivity contribution in [1.82, 2.24) is 4.98 Å². The molecule has 0 saturated heterocycles. The van der Waals surface area contributed by atoms with Gasteiger partial charge in [-0.15, -0.1) is 0 Å². The third-order valence-electron chi connectivity index (χ3n) is 2.19. The highest BCUT2D eigenvalue weighted by Crippen LogP contribution is 2.31. The van der Waals surface area contributed by atoms with Crippen LogP contribution in [0, 0.1) is 11.3 Å². The minimum Gasteiger partial charge on any atom is -0.338 e. The lowest BCUT2D eigenvalue weighted by atomic mass is 10.2. The van der Waals surface area contributed by atoms with Gasteiger partial charge in [0, 0.05) is 10.7 Å². The van der Waals surface area contributed by atoms with Crippen molar-refractivity contribution in [1.29, 1.82) is 5.26 Å². The van der Waals surface area contributed by atoms with Crippen LogP contribution in [-0.4, -0.2) is 4.98 Å². The summed E-state index contributed by atoms with van der Waals surface area (Å²) >= 11 is 15.5. The van der Waals surface area contributed by atoms with Gasteiger partial charge in [0.25, 0.3) is 0 Å². The molecule has 0 atom stereocenters. The topological polar surface area (TPSA) is 48.7 Å². The molecule has 0 amide bonds. The van der Waals surface area contributed by atoms with Gasteiger partial charge in [0.2, 0.25) is 0 Å². The largest absolute Gasteiger partial charge is 0.338 e. The Morgan fingerprint density at radius 2 is 2.06 bits per heavy atom. The molecule has 90 valence electrons. The van der Waals surface area contributed by atoms with Crippen LogP contribution in [0.5, 0.6) is 0 Å². The first-order valence-corrected chi connectivity index (χ1v) is 6.43. The smallest absolute Gasteiger partial charge is 0.150 e. The fraction of sp³-hybridized carbons (Fsp3) is 0. The highest BCUT2D eigenvalue weighted by atomic mass is 79.9. The second kappa shape index (κ2) is 5.57. The molecule has 0 aliphatic carbocycles. The molecule has 1 heterocycles. The molecule has 2 aromatic rings. The van der Waals surface area contributed by atoms with Gasteiger partial charge < -0.3 is 5.32 Å². The zero-order valence-corrected chi connectivity index (χ0v) is 12.0. The molecule has 0 spiro atoms. The number of benzene rings is 1. The number of hydrogen-bond acceptors (Lipinski definition) is 3. The lowest BCUT2D eigenvalue weighted by molar-refractivity contribution is 1.29. The van der Waals surface area contributed by atoms with E-state index in [0.717, 1.165) is 4.47 Å². The van der Waals surface area contributed by atoms with Crippen molar-refractivity contribution in [2.45, 2.75) is 0 Å². The first-order chi connectivity index (χ1) is 8.61. The summed E-state index contributed by atoms with van der Waals surface area (Å²) in [5.41, 5.74) is 1.02. The SMILES string of the molecule is N#Cc1ccnc(Nc2cc(Br)ccc2Cl)c1Cl. The Morgan fingerprint density at radius 3 is 2.78 bits per heavy atom. The summed E-state index contributed by atoms with van der Waals surface area (Å²) in [6, 6.07) is 8.92. The van der Waals surface area contributed by atoms with E-state index in [1.165, 1.54) is 6.20 Å². The van der Waals surface area contributed by atoms with E-state index in [1.807, 2.05) is 12.1 Å². The first kappa shape index (κ1) is 13.2. The van der Waals surface area contributed by atoms with E-state index in [0.29, 0.717) is 22.1 Å². The van der Waals surface area contributed by atoms with Gasteiger partial charge >= 0.3 is 0 Å².